The minimum atomic E-state index is -1.44. The van der Waals surface area contributed by atoms with Crippen LogP contribution in [0.3, 0.4) is 0 Å². The second-order valence-corrected chi connectivity index (χ2v) is 11.0. The van der Waals surface area contributed by atoms with Crippen LogP contribution >= 0.6 is 8.60 Å². The van der Waals surface area contributed by atoms with Crippen LogP contribution in [0, 0.1) is 5.41 Å². The van der Waals surface area contributed by atoms with Crippen LogP contribution in [0.2, 0.25) is 0 Å². The van der Waals surface area contributed by atoms with Crippen LogP contribution in [0.4, 0.5) is 0 Å². The van der Waals surface area contributed by atoms with Crippen molar-refractivity contribution in [3.05, 3.63) is 29.3 Å². The van der Waals surface area contributed by atoms with E-state index in [0.29, 0.717) is 13.2 Å². The van der Waals surface area contributed by atoms with Crippen molar-refractivity contribution in [3.63, 3.8) is 0 Å². The van der Waals surface area contributed by atoms with Gasteiger partial charge in [-0.3, -0.25) is 0 Å². The van der Waals surface area contributed by atoms with Crippen molar-refractivity contribution >= 4 is 8.60 Å². The number of unbranched alkanes of at least 4 members (excludes halogenated alkanes) is 1. The highest BCUT2D eigenvalue weighted by atomic mass is 31.2. The van der Waals surface area contributed by atoms with E-state index in [9.17, 15) is 5.11 Å². The molecule has 1 aliphatic rings. The van der Waals surface area contributed by atoms with Gasteiger partial charge in [0.1, 0.15) is 5.75 Å². The zero-order chi connectivity index (χ0) is 20.3. The molecule has 154 valence electrons. The van der Waals surface area contributed by atoms with Crippen molar-refractivity contribution < 1.29 is 18.7 Å². The minimum Gasteiger partial charge on any atom is -0.426 e. The Morgan fingerprint density at radius 1 is 1.07 bits per heavy atom. The molecule has 0 spiro atoms. The summed E-state index contributed by atoms with van der Waals surface area (Å²) in [5.41, 5.74) is 2.20. The Labute approximate surface area is 166 Å². The van der Waals surface area contributed by atoms with Crippen LogP contribution in [0.25, 0.3) is 0 Å². The molecule has 1 aromatic carbocycles. The quantitative estimate of drug-likeness (QED) is 0.590. The maximum absolute atomic E-state index is 9.81. The minimum absolute atomic E-state index is 0.0440. The van der Waals surface area contributed by atoms with Crippen molar-refractivity contribution in [1.29, 1.82) is 0 Å². The Kier molecular flexibility index (Phi) is 7.35. The molecule has 1 heterocycles. The molecular formula is C22H37O4P. The van der Waals surface area contributed by atoms with Crippen molar-refractivity contribution in [2.45, 2.75) is 78.6 Å². The molecule has 0 bridgehead atoms. The summed E-state index contributed by atoms with van der Waals surface area (Å²) >= 11 is 0. The maximum Gasteiger partial charge on any atom is 0.397 e. The molecule has 1 N–H and O–H groups in total. The van der Waals surface area contributed by atoms with Gasteiger partial charge in [0.05, 0.1) is 19.8 Å². The molecule has 0 aromatic heterocycles. The summed E-state index contributed by atoms with van der Waals surface area (Å²) in [7, 11) is -1.44. The van der Waals surface area contributed by atoms with Gasteiger partial charge in [0, 0.05) is 11.0 Å². The summed E-state index contributed by atoms with van der Waals surface area (Å²) in [6.45, 7) is 16.5. The second-order valence-electron chi connectivity index (χ2n) is 9.83. The van der Waals surface area contributed by atoms with Gasteiger partial charge in [0.15, 0.2) is 0 Å². The van der Waals surface area contributed by atoms with Crippen LogP contribution in [0.15, 0.2) is 18.2 Å². The molecule has 0 unspecified atom stereocenters. The third-order valence-corrected chi connectivity index (χ3v) is 6.20. The fourth-order valence-corrected chi connectivity index (χ4v) is 4.38. The third-order valence-electron chi connectivity index (χ3n) is 5.17. The standard InChI is InChI=1S/C22H37O4P/c1-8-9-12-22(14-23)15-24-27(25-16-22)26-19-11-10-17(20(2,3)4)13-18(19)21(5,6)7/h10-11,13,23H,8-9,12,14-16H2,1-7H3. The molecule has 0 saturated carbocycles. The average molecular weight is 397 g/mol. The van der Waals surface area contributed by atoms with Gasteiger partial charge in [-0.25, -0.2) is 0 Å². The molecule has 1 aromatic rings. The van der Waals surface area contributed by atoms with E-state index in [1.807, 2.05) is 6.07 Å². The Balaban J connectivity index is 2.14. The number of aliphatic hydroxyl groups is 1. The molecule has 0 atom stereocenters. The van der Waals surface area contributed by atoms with Crippen LogP contribution in [-0.4, -0.2) is 24.9 Å². The fraction of sp³-hybridized carbons (Fsp3) is 0.727. The number of rotatable bonds is 6. The molecule has 1 saturated heterocycles. The monoisotopic (exact) mass is 396 g/mol. The Hall–Kier alpha value is -0.670. The molecule has 5 heteroatoms. The van der Waals surface area contributed by atoms with E-state index in [1.54, 1.807) is 0 Å². The largest absolute Gasteiger partial charge is 0.426 e. The average Bonchev–Trinajstić information content (AvgIpc) is 2.60. The highest BCUT2D eigenvalue weighted by molar-refractivity contribution is 7.42. The van der Waals surface area contributed by atoms with Crippen molar-refractivity contribution in [1.82, 2.24) is 0 Å². The lowest BCUT2D eigenvalue weighted by molar-refractivity contribution is -0.0261. The SMILES string of the molecule is CCCCC1(CO)COP(Oc2ccc(C(C)(C)C)cc2C(C)(C)C)OC1. The molecule has 0 amide bonds. The van der Waals surface area contributed by atoms with E-state index < -0.39 is 8.60 Å². The topological polar surface area (TPSA) is 47.9 Å². The Morgan fingerprint density at radius 3 is 2.19 bits per heavy atom. The van der Waals surface area contributed by atoms with Gasteiger partial charge in [-0.15, -0.1) is 0 Å². The van der Waals surface area contributed by atoms with Gasteiger partial charge in [0.25, 0.3) is 0 Å². The van der Waals surface area contributed by atoms with E-state index in [-0.39, 0.29) is 22.9 Å². The maximum atomic E-state index is 9.81. The zero-order valence-electron chi connectivity index (χ0n) is 18.1. The number of aliphatic hydroxyl groups excluding tert-OH is 1. The lowest BCUT2D eigenvalue weighted by Gasteiger charge is -2.37. The first-order chi connectivity index (χ1) is 12.5. The summed E-state index contributed by atoms with van der Waals surface area (Å²) in [6.07, 6.45) is 3.08. The molecule has 1 aliphatic heterocycles. The molecular weight excluding hydrogens is 359 g/mol. The first kappa shape index (κ1) is 22.6. The predicted molar refractivity (Wildman–Crippen MR) is 112 cm³/mol. The predicted octanol–water partition coefficient (Wildman–Crippen LogP) is 6.10. The van der Waals surface area contributed by atoms with E-state index in [4.69, 9.17) is 13.6 Å². The molecule has 1 fully saturated rings. The smallest absolute Gasteiger partial charge is 0.397 e. The lowest BCUT2D eigenvalue weighted by Crippen LogP contribution is -2.38. The summed E-state index contributed by atoms with van der Waals surface area (Å²) in [6, 6.07) is 6.41. The number of benzene rings is 1. The van der Waals surface area contributed by atoms with Crippen LogP contribution in [0.1, 0.15) is 78.9 Å². The first-order valence-electron chi connectivity index (χ1n) is 10.0. The summed E-state index contributed by atoms with van der Waals surface area (Å²) in [5, 5.41) is 9.81. The Morgan fingerprint density at radius 2 is 1.70 bits per heavy atom. The molecule has 2 rings (SSSR count). The highest BCUT2D eigenvalue weighted by Gasteiger charge is 2.38. The molecule has 0 radical (unpaired) electrons. The fourth-order valence-electron chi connectivity index (χ4n) is 3.12. The van der Waals surface area contributed by atoms with Crippen molar-refractivity contribution in [2.75, 3.05) is 19.8 Å². The first-order valence-corrected chi connectivity index (χ1v) is 11.1. The van der Waals surface area contributed by atoms with Crippen LogP contribution in [-0.2, 0) is 19.9 Å². The Bertz CT molecular complexity index is 608. The van der Waals surface area contributed by atoms with Crippen molar-refractivity contribution in [3.8, 4) is 5.75 Å². The van der Waals surface area contributed by atoms with Gasteiger partial charge in [0.2, 0.25) is 0 Å². The van der Waals surface area contributed by atoms with Crippen LogP contribution < -0.4 is 4.52 Å². The molecule has 27 heavy (non-hydrogen) atoms. The molecule has 4 nitrogen and oxygen atoms in total. The summed E-state index contributed by atoms with van der Waals surface area (Å²) < 4.78 is 18.0. The third kappa shape index (κ3) is 5.90. The second kappa shape index (κ2) is 8.78. The van der Waals surface area contributed by atoms with Gasteiger partial charge in [-0.2, -0.15) is 0 Å². The van der Waals surface area contributed by atoms with E-state index in [0.717, 1.165) is 30.6 Å². The summed E-state index contributed by atoms with van der Waals surface area (Å²) in [4.78, 5) is 0. The number of hydrogen-bond donors (Lipinski definition) is 1. The lowest BCUT2D eigenvalue weighted by atomic mass is 9.80. The van der Waals surface area contributed by atoms with Crippen molar-refractivity contribution in [2.24, 2.45) is 5.41 Å². The number of hydrogen-bond acceptors (Lipinski definition) is 4. The van der Waals surface area contributed by atoms with Gasteiger partial charge >= 0.3 is 8.60 Å². The van der Waals surface area contributed by atoms with Crippen LogP contribution in [0.5, 0.6) is 5.75 Å². The van der Waals surface area contributed by atoms with Gasteiger partial charge in [-0.05, 0) is 28.9 Å². The van der Waals surface area contributed by atoms with Gasteiger partial charge < -0.3 is 18.7 Å². The van der Waals surface area contributed by atoms with E-state index in [2.05, 4.69) is 60.6 Å². The van der Waals surface area contributed by atoms with Gasteiger partial charge in [-0.1, -0.05) is 73.4 Å². The highest BCUT2D eigenvalue weighted by Crippen LogP contribution is 2.50. The van der Waals surface area contributed by atoms with E-state index in [1.165, 1.54) is 5.56 Å². The molecule has 0 aliphatic carbocycles. The van der Waals surface area contributed by atoms with E-state index >= 15 is 0 Å². The zero-order valence-corrected chi connectivity index (χ0v) is 19.0. The normalized spacial score (nSPS) is 24.1. The summed E-state index contributed by atoms with van der Waals surface area (Å²) in [5.74, 6) is 0.826.